The Hall–Kier alpha value is -4.71. The third-order valence-corrected chi connectivity index (χ3v) is 11.8. The number of esters is 3. The Morgan fingerprint density at radius 3 is 0.781 bits per heavy atom. The molecule has 0 rings (SSSR count). The smallest absolute Gasteiger partial charge is 0.306 e. The van der Waals surface area contributed by atoms with Gasteiger partial charge in [0.15, 0.2) is 6.10 Å². The van der Waals surface area contributed by atoms with Gasteiger partial charge >= 0.3 is 17.9 Å². The number of carbonyl (C=O) groups excluding carboxylic acids is 3. The third-order valence-electron chi connectivity index (χ3n) is 11.8. The second kappa shape index (κ2) is 59.8. The van der Waals surface area contributed by atoms with E-state index in [9.17, 15) is 14.4 Å². The SMILES string of the molecule is CC/C=C\C/C=C\C/C=C\C/C=C\C/C=C\C/C=C\CCCCCCCCC(=O)OCC(COC(=O)CCCCC/C=C\C/C=C\C/C=C\CC)OC(=O)CCCCCCCCC/C=C\C/C=C\C/C=C\CC. The lowest BCUT2D eigenvalue weighted by Gasteiger charge is -2.18. The van der Waals surface area contributed by atoms with Crippen LogP contribution in [0.15, 0.2) is 146 Å². The highest BCUT2D eigenvalue weighted by Gasteiger charge is 2.19. The Kier molecular flexibility index (Phi) is 56.0. The molecule has 0 aliphatic heterocycles. The van der Waals surface area contributed by atoms with Gasteiger partial charge in [0.1, 0.15) is 13.2 Å². The van der Waals surface area contributed by atoms with Gasteiger partial charge in [-0.05, 0) is 135 Å². The van der Waals surface area contributed by atoms with Gasteiger partial charge in [-0.2, -0.15) is 0 Å². The van der Waals surface area contributed by atoms with Crippen LogP contribution < -0.4 is 0 Å². The van der Waals surface area contributed by atoms with Gasteiger partial charge in [0, 0.05) is 19.3 Å². The molecule has 410 valence electrons. The predicted octanol–water partition coefficient (Wildman–Crippen LogP) is 20.0. The second-order valence-corrected chi connectivity index (χ2v) is 18.8. The molecule has 0 aliphatic rings. The molecule has 0 aliphatic carbocycles. The highest BCUT2D eigenvalue weighted by molar-refractivity contribution is 5.71. The first kappa shape index (κ1) is 68.3. The lowest BCUT2D eigenvalue weighted by molar-refractivity contribution is -0.167. The van der Waals surface area contributed by atoms with Crippen LogP contribution in [0.25, 0.3) is 0 Å². The molecule has 0 saturated carbocycles. The van der Waals surface area contributed by atoms with Crippen molar-refractivity contribution in [2.24, 2.45) is 0 Å². The van der Waals surface area contributed by atoms with Gasteiger partial charge in [-0.15, -0.1) is 0 Å². The van der Waals surface area contributed by atoms with Crippen molar-refractivity contribution in [1.82, 2.24) is 0 Å². The van der Waals surface area contributed by atoms with Crippen LogP contribution in [0.5, 0.6) is 0 Å². The van der Waals surface area contributed by atoms with E-state index in [0.29, 0.717) is 19.3 Å². The van der Waals surface area contributed by atoms with E-state index in [1.165, 1.54) is 32.1 Å². The number of hydrogen-bond acceptors (Lipinski definition) is 6. The van der Waals surface area contributed by atoms with E-state index in [2.05, 4.69) is 167 Å². The van der Waals surface area contributed by atoms with Crippen LogP contribution in [0.4, 0.5) is 0 Å². The Bertz CT molecular complexity index is 1630. The fourth-order valence-electron chi connectivity index (χ4n) is 7.53. The predicted molar refractivity (Wildman–Crippen MR) is 315 cm³/mol. The van der Waals surface area contributed by atoms with E-state index in [1.54, 1.807) is 0 Å². The van der Waals surface area contributed by atoms with Crippen molar-refractivity contribution in [3.8, 4) is 0 Å². The van der Waals surface area contributed by atoms with Crippen LogP contribution in [0.3, 0.4) is 0 Å². The van der Waals surface area contributed by atoms with Crippen molar-refractivity contribution in [2.75, 3.05) is 13.2 Å². The van der Waals surface area contributed by atoms with Crippen LogP contribution in [-0.2, 0) is 28.6 Å². The topological polar surface area (TPSA) is 78.9 Å². The quantitative estimate of drug-likeness (QED) is 0.0261. The summed E-state index contributed by atoms with van der Waals surface area (Å²) in [6.07, 6.45) is 85.5. The lowest BCUT2D eigenvalue weighted by Crippen LogP contribution is -2.30. The molecule has 0 radical (unpaired) electrons. The Labute approximate surface area is 448 Å². The summed E-state index contributed by atoms with van der Waals surface area (Å²) in [6, 6.07) is 0. The fraction of sp³-hybridized carbons (Fsp3) is 0.597. The minimum absolute atomic E-state index is 0.105. The highest BCUT2D eigenvalue weighted by atomic mass is 16.6. The first-order valence-electron chi connectivity index (χ1n) is 29.3. The van der Waals surface area contributed by atoms with Crippen molar-refractivity contribution in [2.45, 2.75) is 245 Å². The zero-order valence-corrected chi connectivity index (χ0v) is 46.8. The van der Waals surface area contributed by atoms with Crippen LogP contribution in [0, 0.1) is 0 Å². The van der Waals surface area contributed by atoms with E-state index in [4.69, 9.17) is 14.2 Å². The van der Waals surface area contributed by atoms with Crippen LogP contribution in [0.1, 0.15) is 239 Å². The zero-order chi connectivity index (χ0) is 52.9. The summed E-state index contributed by atoms with van der Waals surface area (Å²) >= 11 is 0. The maximum Gasteiger partial charge on any atom is 0.306 e. The summed E-state index contributed by atoms with van der Waals surface area (Å²) in [5.74, 6) is -0.964. The molecule has 0 aromatic rings. The molecule has 73 heavy (non-hydrogen) atoms. The van der Waals surface area contributed by atoms with Crippen molar-refractivity contribution >= 4 is 17.9 Å². The number of unbranched alkanes of at least 4 members (excludes halogenated alkanes) is 16. The number of rotatable bonds is 51. The molecular weight excluding hydrogens is 901 g/mol. The minimum atomic E-state index is -0.809. The van der Waals surface area contributed by atoms with Gasteiger partial charge in [0.25, 0.3) is 0 Å². The van der Waals surface area contributed by atoms with Gasteiger partial charge < -0.3 is 14.2 Å². The summed E-state index contributed by atoms with van der Waals surface area (Å²) in [4.78, 5) is 38.2. The number of allylic oxidation sites excluding steroid dienone is 24. The van der Waals surface area contributed by atoms with E-state index in [-0.39, 0.29) is 31.1 Å². The average Bonchev–Trinajstić information content (AvgIpc) is 3.39. The van der Waals surface area contributed by atoms with Gasteiger partial charge in [-0.3, -0.25) is 14.4 Å². The van der Waals surface area contributed by atoms with Gasteiger partial charge in [0.2, 0.25) is 0 Å². The molecule has 0 amide bonds. The fourth-order valence-corrected chi connectivity index (χ4v) is 7.53. The van der Waals surface area contributed by atoms with Crippen LogP contribution >= 0.6 is 0 Å². The monoisotopic (exact) mass is 1010 g/mol. The molecule has 0 aromatic heterocycles. The maximum atomic E-state index is 12.9. The van der Waals surface area contributed by atoms with E-state index in [1.807, 2.05) is 0 Å². The summed E-state index contributed by atoms with van der Waals surface area (Å²) in [5, 5.41) is 0. The average molecular weight is 1010 g/mol. The highest BCUT2D eigenvalue weighted by Crippen LogP contribution is 2.14. The standard InChI is InChI=1S/C67H106O6/c1-4-7-10-13-16-19-22-25-27-29-30-31-32-33-34-35-36-38-39-42-45-48-51-54-57-60-66(69)72-63-64(62-71-65(68)59-56-53-50-47-44-41-24-21-18-15-12-9-6-3)73-67(70)61-58-55-52-49-46-43-40-37-28-26-23-20-17-14-11-8-5-2/h7-12,16-21,25-28,30-31,33-34,36,38,41,44,64H,4-6,13-15,22-24,29,32,35,37,39-40,42-43,45-63H2,1-3H3/b10-7-,11-8-,12-9-,19-16-,20-17-,21-18-,27-25-,28-26-,31-30-,34-33-,38-36-,44-41-. The lowest BCUT2D eigenvalue weighted by atomic mass is 10.1. The molecule has 0 N–H and O–H groups in total. The maximum absolute atomic E-state index is 12.9. The Balaban J connectivity index is 4.43. The molecule has 0 bridgehead atoms. The molecule has 0 saturated heterocycles. The molecule has 0 heterocycles. The third kappa shape index (κ3) is 58.1. The van der Waals surface area contributed by atoms with Crippen molar-refractivity contribution < 1.29 is 28.6 Å². The normalized spacial score (nSPS) is 13.2. The molecule has 1 unspecified atom stereocenters. The van der Waals surface area contributed by atoms with Crippen molar-refractivity contribution in [1.29, 1.82) is 0 Å². The van der Waals surface area contributed by atoms with Crippen molar-refractivity contribution in [3.05, 3.63) is 146 Å². The van der Waals surface area contributed by atoms with E-state index >= 15 is 0 Å². The number of carbonyl (C=O) groups is 3. The molecular formula is C67H106O6. The molecule has 6 nitrogen and oxygen atoms in total. The van der Waals surface area contributed by atoms with Gasteiger partial charge in [-0.1, -0.05) is 231 Å². The van der Waals surface area contributed by atoms with Crippen LogP contribution in [0.2, 0.25) is 0 Å². The second-order valence-electron chi connectivity index (χ2n) is 18.8. The molecule has 1 atom stereocenters. The molecule has 0 aromatic carbocycles. The number of hydrogen-bond donors (Lipinski definition) is 0. The summed E-state index contributed by atoms with van der Waals surface area (Å²) in [6.45, 7) is 6.24. The summed E-state index contributed by atoms with van der Waals surface area (Å²) in [7, 11) is 0. The minimum Gasteiger partial charge on any atom is -0.462 e. The summed E-state index contributed by atoms with van der Waals surface area (Å²) < 4.78 is 16.8. The van der Waals surface area contributed by atoms with Crippen LogP contribution in [-0.4, -0.2) is 37.2 Å². The number of ether oxygens (including phenoxy) is 3. The van der Waals surface area contributed by atoms with E-state index < -0.39 is 6.10 Å². The van der Waals surface area contributed by atoms with Crippen molar-refractivity contribution in [3.63, 3.8) is 0 Å². The Morgan fingerprint density at radius 2 is 0.493 bits per heavy atom. The largest absolute Gasteiger partial charge is 0.462 e. The van der Waals surface area contributed by atoms with Gasteiger partial charge in [0.05, 0.1) is 0 Å². The van der Waals surface area contributed by atoms with Gasteiger partial charge in [-0.25, -0.2) is 0 Å². The Morgan fingerprint density at radius 1 is 0.274 bits per heavy atom. The first-order chi connectivity index (χ1) is 36.0. The van der Waals surface area contributed by atoms with E-state index in [0.717, 1.165) is 167 Å². The molecule has 0 spiro atoms. The molecule has 0 fully saturated rings. The summed E-state index contributed by atoms with van der Waals surface area (Å²) in [5.41, 5.74) is 0. The molecule has 6 heteroatoms. The zero-order valence-electron chi connectivity index (χ0n) is 46.8. The first-order valence-corrected chi connectivity index (χ1v) is 29.3.